The summed E-state index contributed by atoms with van der Waals surface area (Å²) in [6.07, 6.45) is 40.4. The van der Waals surface area contributed by atoms with Gasteiger partial charge in [-0.3, -0.25) is 38.4 Å². The summed E-state index contributed by atoms with van der Waals surface area (Å²) >= 11 is 0. The fourth-order valence-electron chi connectivity index (χ4n) is 20.0. The lowest BCUT2D eigenvalue weighted by Gasteiger charge is -2.30. The molecule has 24 heteroatoms. The molecule has 4 heterocycles. The molecule has 1 aliphatic carbocycles. The van der Waals surface area contributed by atoms with Crippen LogP contribution in [0.3, 0.4) is 0 Å². The summed E-state index contributed by atoms with van der Waals surface area (Å²) in [5.74, 6) is -1.45. The lowest BCUT2D eigenvalue weighted by molar-refractivity contribution is -0.115. The molecule has 8 N–H and O–H groups in total. The minimum atomic E-state index is -0.584. The molecule has 24 nitrogen and oxygen atoms in total. The molecule has 136 heavy (non-hydrogen) atoms. The normalized spacial score (nSPS) is 14.7. The van der Waals surface area contributed by atoms with Crippen molar-refractivity contribution in [2.75, 3.05) is 42.5 Å². The first-order valence-corrected chi connectivity index (χ1v) is 50.9. The van der Waals surface area contributed by atoms with Crippen LogP contribution >= 0.6 is 0 Å². The maximum atomic E-state index is 13.6. The van der Waals surface area contributed by atoms with E-state index in [1.807, 2.05) is 24.3 Å². The SMILES string of the molecule is CCCCCCCCCCCC1c2cc3c4cc2Oc2cc(NC(C)=O)c(NC(C)=O)cc2Oc2cc5c(cc21)C(CCCCCCCCCCC)c1cc2c(cc1Oc1cc(NC(C)=O)c(NC(C)=O)cc1O5)Oc1cc(NC(C)=O)c(NC(C)=O)cc1Oc1cc(c(cc1C2CCCCCCCCCCC)C3CCCCCCCCCCC)Oc1cc(NC(C)=O)c(NC(C)=O)cc1O4. The number of hydrogen-bond donors (Lipinski definition) is 8. The summed E-state index contributed by atoms with van der Waals surface area (Å²) in [6.45, 7) is 20.1. The third-order valence-electron chi connectivity index (χ3n) is 26.5. The number of amides is 8. The molecular weight excluding hydrogens is 1710 g/mol. The second-order valence-electron chi connectivity index (χ2n) is 38.0. The average Bonchev–Trinajstić information content (AvgIpc) is 1.70. The van der Waals surface area contributed by atoms with Gasteiger partial charge in [-0.15, -0.1) is 0 Å². The minimum Gasteiger partial charge on any atom is -0.453 e. The zero-order chi connectivity index (χ0) is 96.3. The van der Waals surface area contributed by atoms with Crippen LogP contribution in [-0.2, 0) is 38.4 Å². The molecule has 13 rings (SSSR count). The van der Waals surface area contributed by atoms with Crippen molar-refractivity contribution in [1.29, 1.82) is 0 Å². The standard InChI is InChI=1S/C112H144N8O16/c1-13-17-21-25-29-33-37-41-45-49-77-81-53-83-78(50-46-42-38-34-30-26-22-18-14-2)85-55-87-80(52-48-44-40-36-32-28-24-20-16-4)88-56-86-79(51-47-43-39-35-31-27-23-19-15-3)84-54-82(77)98-66-100(84)132-108-60-92(116-72(8)124)94(118-74(10)126)62-110(108)134-102(86)68-104(88)136-112-64-96(120-76(12)128)95(119-75(11)127)63-111(112)135-103(87)67-101(85)133-109-61-93(117-73(9)125)91(115-71(7)123)59-107(109)131-99(83)65-97(81)129-105-57-89(113-69(5)121)90(114-70(6)122)58-106(105)130-98/h53-68,77-80H,13-52H2,1-12H3,(H,113,121)(H,114,122)(H,115,123)(H,116,124)(H,117,125)(H,118,126)(H,119,127)(H,120,128). The first kappa shape index (κ1) is 101. The highest BCUT2D eigenvalue weighted by Crippen LogP contribution is 2.62. The Hall–Kier alpha value is -12.1. The van der Waals surface area contributed by atoms with Crippen LogP contribution in [0.2, 0.25) is 0 Å². The first-order chi connectivity index (χ1) is 65.8. The van der Waals surface area contributed by atoms with Gasteiger partial charge in [0.15, 0.2) is 46.0 Å². The quantitative estimate of drug-likeness (QED) is 0.0164. The van der Waals surface area contributed by atoms with E-state index in [0.717, 1.165) is 224 Å². The molecule has 0 unspecified atom stereocenters. The maximum Gasteiger partial charge on any atom is 0.221 e. The Kier molecular flexibility index (Phi) is 37.0. The molecule has 8 aromatic rings. The van der Waals surface area contributed by atoms with Crippen LogP contribution in [0, 0.1) is 0 Å². The highest BCUT2D eigenvalue weighted by Gasteiger charge is 2.40. The number of hydrogen-bond acceptors (Lipinski definition) is 16. The van der Waals surface area contributed by atoms with Gasteiger partial charge in [-0.05, 0) is 49.9 Å². The molecule has 0 saturated carbocycles. The molecule has 0 radical (unpaired) electrons. The van der Waals surface area contributed by atoms with Gasteiger partial charge in [-0.2, -0.15) is 0 Å². The predicted molar refractivity (Wildman–Crippen MR) is 541 cm³/mol. The Morgan fingerprint density at radius 3 is 0.404 bits per heavy atom. The summed E-state index contributed by atoms with van der Waals surface area (Å²) in [6, 6.07) is 30.2. The molecule has 728 valence electrons. The number of anilines is 8. The third kappa shape index (κ3) is 27.2. The topological polar surface area (TPSA) is 307 Å². The van der Waals surface area contributed by atoms with Crippen molar-refractivity contribution in [3.05, 3.63) is 142 Å². The van der Waals surface area contributed by atoms with Gasteiger partial charge >= 0.3 is 0 Å². The van der Waals surface area contributed by atoms with Crippen molar-refractivity contribution in [2.24, 2.45) is 0 Å². The molecule has 0 spiro atoms. The Labute approximate surface area is 804 Å². The highest BCUT2D eigenvalue weighted by molar-refractivity contribution is 6.03. The molecule has 8 bridgehead atoms. The summed E-state index contributed by atoms with van der Waals surface area (Å²) in [7, 11) is 0. The van der Waals surface area contributed by atoms with Gasteiger partial charge in [0, 0.05) is 196 Å². The van der Waals surface area contributed by atoms with Gasteiger partial charge in [0.2, 0.25) is 47.3 Å². The monoisotopic (exact) mass is 1860 g/mol. The summed E-state index contributed by atoms with van der Waals surface area (Å²) in [4.78, 5) is 109. The van der Waals surface area contributed by atoms with Gasteiger partial charge in [-0.25, -0.2) is 0 Å². The van der Waals surface area contributed by atoms with Gasteiger partial charge in [-0.1, -0.05) is 259 Å². The van der Waals surface area contributed by atoms with Crippen LogP contribution < -0.4 is 80.4 Å². The second kappa shape index (κ2) is 49.6. The van der Waals surface area contributed by atoms with E-state index in [2.05, 4.69) is 94.5 Å². The molecule has 0 fully saturated rings. The van der Waals surface area contributed by atoms with E-state index in [0.29, 0.717) is 71.7 Å². The fraction of sp³-hybridized carbons (Fsp3) is 0.500. The van der Waals surface area contributed by atoms with E-state index in [-0.39, 0.29) is 91.5 Å². The first-order valence-electron chi connectivity index (χ1n) is 50.9. The molecule has 8 aromatic carbocycles. The molecule has 0 aromatic heterocycles. The van der Waals surface area contributed by atoms with Crippen molar-refractivity contribution in [3.8, 4) is 92.0 Å². The van der Waals surface area contributed by atoms with E-state index in [4.69, 9.17) is 37.9 Å². The van der Waals surface area contributed by atoms with Crippen molar-refractivity contribution in [1.82, 2.24) is 0 Å². The third-order valence-corrected chi connectivity index (χ3v) is 26.5. The number of carbonyl (C=O) groups excluding carboxylic acids is 8. The average molecular weight is 1860 g/mol. The van der Waals surface area contributed by atoms with E-state index in [9.17, 15) is 38.4 Å². The zero-order valence-corrected chi connectivity index (χ0v) is 82.4. The van der Waals surface area contributed by atoms with Crippen LogP contribution in [0.5, 0.6) is 92.0 Å². The van der Waals surface area contributed by atoms with Gasteiger partial charge in [0.05, 0.1) is 45.5 Å². The maximum absolute atomic E-state index is 13.6. The Balaban J connectivity index is 1.22. The molecular formula is C112H144N8O16. The van der Waals surface area contributed by atoms with E-state index >= 15 is 0 Å². The number of ether oxygens (including phenoxy) is 8. The number of fused-ring (bicyclic) bond motifs is 4. The van der Waals surface area contributed by atoms with Crippen molar-refractivity contribution < 1.29 is 76.3 Å². The van der Waals surface area contributed by atoms with E-state index in [1.54, 1.807) is 48.5 Å². The molecule has 8 amide bonds. The fourth-order valence-corrected chi connectivity index (χ4v) is 20.0. The van der Waals surface area contributed by atoms with Crippen LogP contribution in [0.1, 0.15) is 408 Å². The van der Waals surface area contributed by atoms with Crippen molar-refractivity contribution in [3.63, 3.8) is 0 Å². The van der Waals surface area contributed by atoms with Crippen LogP contribution in [0.15, 0.2) is 97.1 Å². The minimum absolute atomic E-state index is 0.154. The van der Waals surface area contributed by atoms with Crippen molar-refractivity contribution >= 4 is 92.8 Å². The Bertz CT molecular complexity index is 4650. The summed E-state index contributed by atoms with van der Waals surface area (Å²) in [5.41, 5.74) is 8.01. The van der Waals surface area contributed by atoms with E-state index < -0.39 is 70.9 Å². The summed E-state index contributed by atoms with van der Waals surface area (Å²) < 4.78 is 61.9. The Morgan fingerprint density at radius 2 is 0.287 bits per heavy atom. The smallest absolute Gasteiger partial charge is 0.221 e. The number of benzene rings is 8. The number of rotatable bonds is 48. The lowest BCUT2D eigenvalue weighted by Crippen LogP contribution is -2.13. The van der Waals surface area contributed by atoms with Crippen LogP contribution in [-0.4, -0.2) is 47.3 Å². The Morgan fingerprint density at radius 1 is 0.169 bits per heavy atom. The van der Waals surface area contributed by atoms with Gasteiger partial charge in [0.1, 0.15) is 46.0 Å². The van der Waals surface area contributed by atoms with Gasteiger partial charge in [0.25, 0.3) is 0 Å². The number of carbonyl (C=O) groups is 8. The zero-order valence-electron chi connectivity index (χ0n) is 82.4. The van der Waals surface area contributed by atoms with E-state index in [1.165, 1.54) is 107 Å². The largest absolute Gasteiger partial charge is 0.453 e. The molecule has 0 atom stereocenters. The lowest BCUT2D eigenvalue weighted by atomic mass is 9.76. The highest BCUT2D eigenvalue weighted by atomic mass is 16.5. The molecule has 0 saturated heterocycles. The summed E-state index contributed by atoms with van der Waals surface area (Å²) in [5, 5.41) is 23.9. The van der Waals surface area contributed by atoms with Crippen LogP contribution in [0.25, 0.3) is 0 Å². The molecule has 5 aliphatic rings. The number of nitrogens with one attached hydrogen (secondary N) is 8. The van der Waals surface area contributed by atoms with Gasteiger partial charge < -0.3 is 80.4 Å². The van der Waals surface area contributed by atoms with Crippen molar-refractivity contribution in [2.45, 2.75) is 364 Å². The second-order valence-corrected chi connectivity index (χ2v) is 38.0. The molecule has 4 aliphatic heterocycles. The van der Waals surface area contributed by atoms with Crippen LogP contribution in [0.4, 0.5) is 45.5 Å². The number of unbranched alkanes of at least 4 members (excludes halogenated alkanes) is 32. The predicted octanol–water partition coefficient (Wildman–Crippen LogP) is 31.5.